The van der Waals surface area contributed by atoms with Gasteiger partial charge in [-0.05, 0) is 64.0 Å². The zero-order chi connectivity index (χ0) is 19.0. The van der Waals surface area contributed by atoms with Crippen LogP contribution in [-0.2, 0) is 13.0 Å². The van der Waals surface area contributed by atoms with Crippen molar-refractivity contribution in [2.45, 2.75) is 38.8 Å². The van der Waals surface area contributed by atoms with Crippen molar-refractivity contribution < 1.29 is 9.53 Å². The predicted octanol–water partition coefficient (Wildman–Crippen LogP) is 2.97. The molecule has 1 unspecified atom stereocenters. The van der Waals surface area contributed by atoms with Crippen molar-refractivity contribution in [2.75, 3.05) is 33.8 Å². The lowest BCUT2D eigenvalue weighted by Crippen LogP contribution is -2.49. The fourth-order valence-electron chi connectivity index (χ4n) is 4.43. The standard InChI is InChI=1S/C21H30N4O2/c1-14(15-6-9-24(2)10-7-15)22-21(26)25-11-8-20-18(13-25)17-12-16(27-3)4-5-19(17)23-20/h4-5,12,14-15,23H,6-11,13H2,1-3H3,(H,22,26). The second kappa shape index (κ2) is 7.43. The lowest BCUT2D eigenvalue weighted by molar-refractivity contribution is 0.166. The number of hydrogen-bond acceptors (Lipinski definition) is 3. The van der Waals surface area contributed by atoms with E-state index in [0.717, 1.165) is 55.5 Å². The van der Waals surface area contributed by atoms with Crippen molar-refractivity contribution in [3.63, 3.8) is 0 Å². The fraction of sp³-hybridized carbons (Fsp3) is 0.571. The first-order valence-corrected chi connectivity index (χ1v) is 9.96. The SMILES string of the molecule is COc1ccc2[nH]c3c(c2c1)CN(C(=O)NC(C)C1CCN(C)CC1)CC3. The Kier molecular flexibility index (Phi) is 5.00. The molecule has 0 radical (unpaired) electrons. The molecule has 27 heavy (non-hydrogen) atoms. The number of carbonyl (C=O) groups excluding carboxylic acids is 1. The second-order valence-corrected chi connectivity index (χ2v) is 8.04. The molecular weight excluding hydrogens is 340 g/mol. The van der Waals surface area contributed by atoms with E-state index in [-0.39, 0.29) is 12.1 Å². The number of urea groups is 1. The molecule has 0 bridgehead atoms. The number of piperidine rings is 1. The minimum Gasteiger partial charge on any atom is -0.497 e. The first kappa shape index (κ1) is 18.2. The number of aromatic amines is 1. The molecule has 6 heteroatoms. The van der Waals surface area contributed by atoms with E-state index >= 15 is 0 Å². The van der Waals surface area contributed by atoms with Gasteiger partial charge in [0, 0.05) is 47.7 Å². The number of carbonyl (C=O) groups is 1. The van der Waals surface area contributed by atoms with Crippen molar-refractivity contribution in [1.29, 1.82) is 0 Å². The van der Waals surface area contributed by atoms with E-state index in [0.29, 0.717) is 12.5 Å². The number of benzene rings is 1. The van der Waals surface area contributed by atoms with Gasteiger partial charge >= 0.3 is 6.03 Å². The fourth-order valence-corrected chi connectivity index (χ4v) is 4.43. The molecule has 2 aliphatic rings. The van der Waals surface area contributed by atoms with Gasteiger partial charge in [-0.2, -0.15) is 0 Å². The van der Waals surface area contributed by atoms with Gasteiger partial charge in [-0.1, -0.05) is 0 Å². The average molecular weight is 370 g/mol. The van der Waals surface area contributed by atoms with E-state index < -0.39 is 0 Å². The summed E-state index contributed by atoms with van der Waals surface area (Å²) in [5.41, 5.74) is 3.57. The number of amides is 2. The molecule has 0 aliphatic carbocycles. The van der Waals surface area contributed by atoms with Crippen molar-refractivity contribution in [1.82, 2.24) is 20.1 Å². The summed E-state index contributed by atoms with van der Waals surface area (Å²) in [5.74, 6) is 1.42. The number of nitrogens with one attached hydrogen (secondary N) is 2. The predicted molar refractivity (Wildman–Crippen MR) is 107 cm³/mol. The number of likely N-dealkylation sites (tertiary alicyclic amines) is 1. The molecule has 6 nitrogen and oxygen atoms in total. The van der Waals surface area contributed by atoms with Gasteiger partial charge in [-0.15, -0.1) is 0 Å². The van der Waals surface area contributed by atoms with Crippen LogP contribution >= 0.6 is 0 Å². The van der Waals surface area contributed by atoms with Crippen LogP contribution in [0.5, 0.6) is 5.75 Å². The minimum absolute atomic E-state index is 0.0596. The lowest BCUT2D eigenvalue weighted by atomic mass is 9.90. The maximum absolute atomic E-state index is 12.9. The summed E-state index contributed by atoms with van der Waals surface area (Å²) in [7, 11) is 3.85. The summed E-state index contributed by atoms with van der Waals surface area (Å²) < 4.78 is 5.37. The van der Waals surface area contributed by atoms with Crippen molar-refractivity contribution in [3.8, 4) is 5.75 Å². The van der Waals surface area contributed by atoms with Gasteiger partial charge in [0.25, 0.3) is 0 Å². The number of rotatable bonds is 3. The van der Waals surface area contributed by atoms with E-state index in [9.17, 15) is 4.79 Å². The van der Waals surface area contributed by atoms with E-state index in [2.05, 4.69) is 41.3 Å². The molecule has 4 rings (SSSR count). The highest BCUT2D eigenvalue weighted by Crippen LogP contribution is 2.30. The summed E-state index contributed by atoms with van der Waals surface area (Å²) >= 11 is 0. The van der Waals surface area contributed by atoms with E-state index in [1.54, 1.807) is 7.11 Å². The van der Waals surface area contributed by atoms with E-state index in [1.165, 1.54) is 11.3 Å². The Balaban J connectivity index is 1.44. The van der Waals surface area contributed by atoms with Gasteiger partial charge in [0.05, 0.1) is 7.11 Å². The summed E-state index contributed by atoms with van der Waals surface area (Å²) in [5, 5.41) is 4.42. The molecule has 1 atom stereocenters. The molecule has 1 aromatic carbocycles. The van der Waals surface area contributed by atoms with Gasteiger partial charge in [0.2, 0.25) is 0 Å². The van der Waals surface area contributed by atoms with Crippen molar-refractivity contribution in [3.05, 3.63) is 29.5 Å². The quantitative estimate of drug-likeness (QED) is 0.873. The third-order valence-electron chi connectivity index (χ3n) is 6.29. The molecule has 1 saturated heterocycles. The highest BCUT2D eigenvalue weighted by Gasteiger charge is 2.28. The Labute approximate surface area is 160 Å². The molecular formula is C21H30N4O2. The Morgan fingerprint density at radius 1 is 1.30 bits per heavy atom. The van der Waals surface area contributed by atoms with Crippen LogP contribution < -0.4 is 10.1 Å². The monoisotopic (exact) mass is 370 g/mol. The number of hydrogen-bond donors (Lipinski definition) is 2. The maximum atomic E-state index is 12.9. The van der Waals surface area contributed by atoms with Crippen molar-refractivity contribution >= 4 is 16.9 Å². The van der Waals surface area contributed by atoms with Crippen LogP contribution in [-0.4, -0.2) is 60.6 Å². The molecule has 2 amide bonds. The van der Waals surface area contributed by atoms with E-state index in [4.69, 9.17) is 4.74 Å². The molecule has 3 heterocycles. The lowest BCUT2D eigenvalue weighted by Gasteiger charge is -2.35. The van der Waals surface area contributed by atoms with Gasteiger partial charge in [0.1, 0.15) is 5.75 Å². The van der Waals surface area contributed by atoms with Gasteiger partial charge in [0.15, 0.2) is 0 Å². The molecule has 0 spiro atoms. The summed E-state index contributed by atoms with van der Waals surface area (Å²) in [6, 6.07) is 6.37. The second-order valence-electron chi connectivity index (χ2n) is 8.04. The Hall–Kier alpha value is -2.21. The normalized spacial score (nSPS) is 19.7. The van der Waals surface area contributed by atoms with Gasteiger partial charge < -0.3 is 24.8 Å². The number of fused-ring (bicyclic) bond motifs is 3. The van der Waals surface area contributed by atoms with Crippen molar-refractivity contribution in [2.24, 2.45) is 5.92 Å². The zero-order valence-corrected chi connectivity index (χ0v) is 16.5. The molecule has 2 aromatic rings. The molecule has 1 fully saturated rings. The molecule has 2 aliphatic heterocycles. The van der Waals surface area contributed by atoms with Crippen LogP contribution in [0.25, 0.3) is 10.9 Å². The van der Waals surface area contributed by atoms with Crippen LogP contribution in [0.2, 0.25) is 0 Å². The van der Waals surface area contributed by atoms with Crippen LogP contribution in [0.1, 0.15) is 31.0 Å². The molecule has 2 N–H and O–H groups in total. The van der Waals surface area contributed by atoms with Crippen LogP contribution in [0, 0.1) is 5.92 Å². The Morgan fingerprint density at radius 2 is 2.07 bits per heavy atom. The third-order valence-corrected chi connectivity index (χ3v) is 6.29. The van der Waals surface area contributed by atoms with Crippen LogP contribution in [0.3, 0.4) is 0 Å². The maximum Gasteiger partial charge on any atom is 0.317 e. The van der Waals surface area contributed by atoms with Gasteiger partial charge in [-0.3, -0.25) is 0 Å². The van der Waals surface area contributed by atoms with Gasteiger partial charge in [-0.25, -0.2) is 4.79 Å². The van der Waals surface area contributed by atoms with Crippen LogP contribution in [0.15, 0.2) is 18.2 Å². The smallest absolute Gasteiger partial charge is 0.317 e. The summed E-state index contributed by atoms with van der Waals surface area (Å²) in [4.78, 5) is 20.7. The van der Waals surface area contributed by atoms with E-state index in [1.807, 2.05) is 11.0 Å². The third kappa shape index (κ3) is 3.63. The highest BCUT2D eigenvalue weighted by molar-refractivity contribution is 5.87. The number of nitrogens with zero attached hydrogens (tertiary/aromatic N) is 2. The number of methoxy groups -OCH3 is 1. The zero-order valence-electron chi connectivity index (χ0n) is 16.5. The topological polar surface area (TPSA) is 60.6 Å². The first-order valence-electron chi connectivity index (χ1n) is 9.96. The molecule has 146 valence electrons. The Bertz CT molecular complexity index is 823. The Morgan fingerprint density at radius 3 is 2.81 bits per heavy atom. The highest BCUT2D eigenvalue weighted by atomic mass is 16.5. The largest absolute Gasteiger partial charge is 0.497 e. The average Bonchev–Trinajstić information content (AvgIpc) is 3.05. The number of aromatic nitrogens is 1. The summed E-state index contributed by atoms with van der Waals surface area (Å²) in [6.07, 6.45) is 3.18. The molecule has 1 aromatic heterocycles. The van der Waals surface area contributed by atoms with Crippen LogP contribution in [0.4, 0.5) is 4.79 Å². The number of ether oxygens (including phenoxy) is 1. The number of H-pyrrole nitrogens is 1. The first-order chi connectivity index (χ1) is 13.0. The summed E-state index contributed by atoms with van der Waals surface area (Å²) in [6.45, 7) is 5.79. The minimum atomic E-state index is 0.0596. The molecule has 0 saturated carbocycles.